The number of ether oxygens (including phenoxy) is 1. The highest BCUT2D eigenvalue weighted by Gasteiger charge is 2.22. The zero-order valence-corrected chi connectivity index (χ0v) is 16.1. The predicted octanol–water partition coefficient (Wildman–Crippen LogP) is 4.10. The molecule has 1 fully saturated rings. The third kappa shape index (κ3) is 4.04. The Morgan fingerprint density at radius 3 is 2.85 bits per heavy atom. The molecule has 2 N–H and O–H groups in total. The van der Waals surface area contributed by atoms with E-state index < -0.39 is 0 Å². The lowest BCUT2D eigenvalue weighted by Gasteiger charge is -2.29. The van der Waals surface area contributed by atoms with Crippen molar-refractivity contribution < 1.29 is 4.74 Å². The van der Waals surface area contributed by atoms with Crippen molar-refractivity contribution in [3.63, 3.8) is 0 Å². The average molecular weight is 416 g/mol. The zero-order valence-electron chi connectivity index (χ0n) is 14.5. The van der Waals surface area contributed by atoms with Crippen LogP contribution >= 0.6 is 15.9 Å². The largest absolute Gasteiger partial charge is 0.378 e. The van der Waals surface area contributed by atoms with Gasteiger partial charge in [-0.15, -0.1) is 0 Å². The van der Waals surface area contributed by atoms with Gasteiger partial charge >= 0.3 is 0 Å². The molecule has 0 unspecified atom stereocenters. The van der Waals surface area contributed by atoms with Gasteiger partial charge in [-0.2, -0.15) is 5.10 Å². The van der Waals surface area contributed by atoms with Crippen LogP contribution in [0.5, 0.6) is 0 Å². The van der Waals surface area contributed by atoms with Crippen LogP contribution in [0.25, 0.3) is 11.0 Å². The van der Waals surface area contributed by atoms with E-state index in [1.165, 1.54) is 5.56 Å². The fourth-order valence-corrected chi connectivity index (χ4v) is 3.97. The van der Waals surface area contributed by atoms with E-state index in [4.69, 9.17) is 4.74 Å². The predicted molar refractivity (Wildman–Crippen MR) is 105 cm³/mol. The van der Waals surface area contributed by atoms with Crippen molar-refractivity contribution >= 4 is 32.8 Å². The first-order valence-electron chi connectivity index (χ1n) is 9.05. The van der Waals surface area contributed by atoms with Crippen LogP contribution in [0.2, 0.25) is 0 Å². The van der Waals surface area contributed by atoms with Crippen molar-refractivity contribution in [2.24, 2.45) is 0 Å². The Morgan fingerprint density at radius 1 is 1.15 bits per heavy atom. The number of rotatable bonds is 6. The smallest absolute Gasteiger partial charge is 0.160 e. The highest BCUT2D eigenvalue weighted by atomic mass is 79.9. The van der Waals surface area contributed by atoms with E-state index >= 15 is 0 Å². The Balaban J connectivity index is 1.24. The van der Waals surface area contributed by atoms with Crippen LogP contribution in [-0.2, 0) is 11.2 Å². The molecule has 2 heterocycles. The summed E-state index contributed by atoms with van der Waals surface area (Å²) in [6, 6.07) is 8.76. The number of nitrogens with one attached hydrogen (secondary N) is 2. The molecule has 26 heavy (non-hydrogen) atoms. The summed E-state index contributed by atoms with van der Waals surface area (Å²) < 4.78 is 7.27. The molecule has 136 valence electrons. The molecule has 3 aromatic rings. The summed E-state index contributed by atoms with van der Waals surface area (Å²) in [5.41, 5.74) is 2.07. The van der Waals surface area contributed by atoms with Gasteiger partial charge in [0.15, 0.2) is 5.65 Å². The maximum absolute atomic E-state index is 6.11. The number of hydrogen-bond acceptors (Lipinski definition) is 5. The van der Waals surface area contributed by atoms with Crippen LogP contribution in [0.1, 0.15) is 31.2 Å². The van der Waals surface area contributed by atoms with E-state index in [1.54, 1.807) is 12.5 Å². The summed E-state index contributed by atoms with van der Waals surface area (Å²) in [7, 11) is 0. The summed E-state index contributed by atoms with van der Waals surface area (Å²) in [5, 5.41) is 11.4. The quantitative estimate of drug-likeness (QED) is 0.633. The molecule has 0 radical (unpaired) electrons. The molecule has 0 aliphatic heterocycles. The van der Waals surface area contributed by atoms with Crippen LogP contribution in [0, 0.1) is 0 Å². The molecule has 1 aromatic carbocycles. The van der Waals surface area contributed by atoms with Gasteiger partial charge in [-0.3, -0.25) is 5.10 Å². The average Bonchev–Trinajstić information content (AvgIpc) is 3.15. The molecule has 1 aliphatic rings. The van der Waals surface area contributed by atoms with Crippen LogP contribution in [0.4, 0.5) is 5.82 Å². The first-order chi connectivity index (χ1) is 12.8. The fraction of sp³-hybridized carbons (Fsp3) is 0.421. The van der Waals surface area contributed by atoms with Gasteiger partial charge in [-0.1, -0.05) is 34.1 Å². The maximum Gasteiger partial charge on any atom is 0.160 e. The zero-order chi connectivity index (χ0) is 17.8. The number of H-pyrrole nitrogens is 1. The van der Waals surface area contributed by atoms with Crippen LogP contribution in [0.15, 0.2) is 41.3 Å². The SMILES string of the molecule is Brc1ccccc1CCOC1CCC(Nc2ncnc3[nH]ncc23)CC1. The molecule has 4 rings (SSSR count). The molecule has 0 bridgehead atoms. The second-order valence-corrected chi connectivity index (χ2v) is 7.54. The second kappa shape index (κ2) is 8.14. The third-order valence-corrected chi connectivity index (χ3v) is 5.72. The summed E-state index contributed by atoms with van der Waals surface area (Å²) in [6.07, 6.45) is 8.97. The van der Waals surface area contributed by atoms with Crippen LogP contribution in [-0.4, -0.2) is 38.9 Å². The fourth-order valence-electron chi connectivity index (χ4n) is 3.48. The molecule has 0 spiro atoms. The van der Waals surface area contributed by atoms with Crippen molar-refractivity contribution in [3.05, 3.63) is 46.8 Å². The molecule has 7 heteroatoms. The Morgan fingerprint density at radius 2 is 2.00 bits per heavy atom. The number of benzene rings is 1. The Labute approximate surface area is 160 Å². The highest BCUT2D eigenvalue weighted by Crippen LogP contribution is 2.26. The highest BCUT2D eigenvalue weighted by molar-refractivity contribution is 9.10. The number of aromatic nitrogens is 4. The maximum atomic E-state index is 6.11. The standard InChI is InChI=1S/C19H22BrN5O/c20-17-4-2-1-3-13(17)9-10-26-15-7-5-14(6-8-15)24-18-16-11-23-25-19(16)22-12-21-18/h1-4,11-12,14-15H,5-10H2,(H2,21,22,23,24,25). The minimum absolute atomic E-state index is 0.356. The van der Waals surface area contributed by atoms with E-state index in [0.29, 0.717) is 12.1 Å². The topological polar surface area (TPSA) is 75.7 Å². The van der Waals surface area contributed by atoms with E-state index in [0.717, 1.165) is 60.0 Å². The van der Waals surface area contributed by atoms with E-state index in [-0.39, 0.29) is 0 Å². The molecule has 6 nitrogen and oxygen atoms in total. The summed E-state index contributed by atoms with van der Waals surface area (Å²) in [5.74, 6) is 0.863. The Kier molecular flexibility index (Phi) is 5.45. The molecule has 0 saturated heterocycles. The number of anilines is 1. The van der Waals surface area contributed by atoms with E-state index in [1.807, 2.05) is 6.07 Å². The molecule has 0 amide bonds. The molecule has 1 saturated carbocycles. The number of fused-ring (bicyclic) bond motifs is 1. The van der Waals surface area contributed by atoms with Crippen LogP contribution < -0.4 is 5.32 Å². The Bertz CT molecular complexity index is 860. The minimum atomic E-state index is 0.356. The molecule has 2 aromatic heterocycles. The van der Waals surface area contributed by atoms with Gasteiger partial charge in [0.1, 0.15) is 12.1 Å². The van der Waals surface area contributed by atoms with Gasteiger partial charge in [0, 0.05) is 10.5 Å². The van der Waals surface area contributed by atoms with Crippen LogP contribution in [0.3, 0.4) is 0 Å². The lowest BCUT2D eigenvalue weighted by atomic mass is 9.93. The number of aromatic amines is 1. The third-order valence-electron chi connectivity index (χ3n) is 4.95. The van der Waals surface area contributed by atoms with Crippen molar-refractivity contribution in [1.29, 1.82) is 0 Å². The van der Waals surface area contributed by atoms with E-state index in [2.05, 4.69) is 59.6 Å². The lowest BCUT2D eigenvalue weighted by Crippen LogP contribution is -2.30. The van der Waals surface area contributed by atoms with Gasteiger partial charge in [-0.25, -0.2) is 9.97 Å². The molecular weight excluding hydrogens is 394 g/mol. The summed E-state index contributed by atoms with van der Waals surface area (Å²) in [6.45, 7) is 0.771. The van der Waals surface area contributed by atoms with Crippen molar-refractivity contribution in [2.45, 2.75) is 44.2 Å². The van der Waals surface area contributed by atoms with Gasteiger partial charge in [-0.05, 0) is 43.7 Å². The van der Waals surface area contributed by atoms with Crippen molar-refractivity contribution in [3.8, 4) is 0 Å². The van der Waals surface area contributed by atoms with Gasteiger partial charge in [0.2, 0.25) is 0 Å². The van der Waals surface area contributed by atoms with E-state index in [9.17, 15) is 0 Å². The van der Waals surface area contributed by atoms with Gasteiger partial charge < -0.3 is 10.1 Å². The normalized spacial score (nSPS) is 20.3. The monoisotopic (exact) mass is 415 g/mol. The first-order valence-corrected chi connectivity index (χ1v) is 9.84. The first kappa shape index (κ1) is 17.4. The molecular formula is C19H22BrN5O. The molecule has 0 atom stereocenters. The van der Waals surface area contributed by atoms with Crippen molar-refractivity contribution in [1.82, 2.24) is 20.2 Å². The minimum Gasteiger partial charge on any atom is -0.378 e. The summed E-state index contributed by atoms with van der Waals surface area (Å²) >= 11 is 3.60. The van der Waals surface area contributed by atoms with Crippen molar-refractivity contribution in [2.75, 3.05) is 11.9 Å². The summed E-state index contributed by atoms with van der Waals surface area (Å²) in [4.78, 5) is 8.55. The number of hydrogen-bond donors (Lipinski definition) is 2. The van der Waals surface area contributed by atoms with Gasteiger partial charge in [0.05, 0.1) is 24.3 Å². The number of halogens is 1. The Hall–Kier alpha value is -1.99. The van der Waals surface area contributed by atoms with Gasteiger partial charge in [0.25, 0.3) is 0 Å². The lowest BCUT2D eigenvalue weighted by molar-refractivity contribution is 0.0282. The molecule has 1 aliphatic carbocycles. The second-order valence-electron chi connectivity index (χ2n) is 6.68. The number of nitrogens with zero attached hydrogens (tertiary/aromatic N) is 3.